The number of carbonyl (C=O) groups excluding carboxylic acids is 2. The van der Waals surface area contributed by atoms with Gasteiger partial charge in [-0.05, 0) is 26.0 Å². The smallest absolute Gasteiger partial charge is 0.340 e. The maximum Gasteiger partial charge on any atom is 0.340 e. The van der Waals surface area contributed by atoms with Gasteiger partial charge >= 0.3 is 11.9 Å². The van der Waals surface area contributed by atoms with Crippen LogP contribution >= 0.6 is 15.9 Å². The van der Waals surface area contributed by atoms with Crippen LogP contribution < -0.4 is 9.47 Å². The van der Waals surface area contributed by atoms with Crippen molar-refractivity contribution < 1.29 is 28.5 Å². The highest BCUT2D eigenvalue weighted by atomic mass is 79.9. The molecule has 0 atom stereocenters. The van der Waals surface area contributed by atoms with Crippen molar-refractivity contribution in [3.63, 3.8) is 0 Å². The summed E-state index contributed by atoms with van der Waals surface area (Å²) in [7, 11) is 2.55. The fraction of sp³-hybridized carbons (Fsp3) is 0.278. The van der Waals surface area contributed by atoms with E-state index in [0.29, 0.717) is 38.5 Å². The molecule has 0 fully saturated rings. The van der Waals surface area contributed by atoms with E-state index in [4.69, 9.17) is 18.9 Å². The summed E-state index contributed by atoms with van der Waals surface area (Å²) >= 11 is 3.49. The molecular formula is C18H16BrNO6. The van der Waals surface area contributed by atoms with Crippen molar-refractivity contribution in [1.82, 2.24) is 4.98 Å². The van der Waals surface area contributed by atoms with Crippen LogP contribution in [0, 0.1) is 13.8 Å². The van der Waals surface area contributed by atoms with Gasteiger partial charge in [-0.1, -0.05) is 15.9 Å². The quantitative estimate of drug-likeness (QED) is 0.701. The molecule has 1 aromatic heterocycles. The van der Waals surface area contributed by atoms with Gasteiger partial charge in [0.2, 0.25) is 6.79 Å². The predicted molar refractivity (Wildman–Crippen MR) is 95.6 cm³/mol. The summed E-state index contributed by atoms with van der Waals surface area (Å²) in [5, 5.41) is 0. The number of rotatable bonds is 3. The number of nitrogens with zero attached hydrogens (tertiary/aromatic N) is 1. The Morgan fingerprint density at radius 1 is 1.00 bits per heavy atom. The highest BCUT2D eigenvalue weighted by Gasteiger charge is 2.29. The minimum absolute atomic E-state index is 0.105. The van der Waals surface area contributed by atoms with Gasteiger partial charge < -0.3 is 18.9 Å². The van der Waals surface area contributed by atoms with E-state index in [1.165, 1.54) is 14.2 Å². The van der Waals surface area contributed by atoms with Crippen LogP contribution in [0.2, 0.25) is 0 Å². The van der Waals surface area contributed by atoms with Gasteiger partial charge in [0.05, 0.1) is 36.7 Å². The average Bonchev–Trinajstić information content (AvgIpc) is 3.06. The summed E-state index contributed by atoms with van der Waals surface area (Å²) in [6, 6.07) is 3.43. The van der Waals surface area contributed by atoms with Crippen LogP contribution in [0.25, 0.3) is 11.1 Å². The van der Waals surface area contributed by atoms with Crippen LogP contribution in [0.4, 0.5) is 0 Å². The van der Waals surface area contributed by atoms with Crippen molar-refractivity contribution in [2.24, 2.45) is 0 Å². The Kier molecular flexibility index (Phi) is 4.86. The first-order valence-corrected chi connectivity index (χ1v) is 8.45. The van der Waals surface area contributed by atoms with Crippen LogP contribution in [0.15, 0.2) is 16.6 Å². The van der Waals surface area contributed by atoms with Gasteiger partial charge in [0, 0.05) is 15.6 Å². The molecular weight excluding hydrogens is 406 g/mol. The fourth-order valence-corrected chi connectivity index (χ4v) is 3.45. The second kappa shape index (κ2) is 6.95. The van der Waals surface area contributed by atoms with E-state index < -0.39 is 11.9 Å². The van der Waals surface area contributed by atoms with Gasteiger partial charge in [0.1, 0.15) is 0 Å². The number of methoxy groups -OCH3 is 2. The van der Waals surface area contributed by atoms with Crippen molar-refractivity contribution in [3.05, 3.63) is 39.1 Å². The second-order valence-corrected chi connectivity index (χ2v) is 6.43. The zero-order chi connectivity index (χ0) is 19.0. The zero-order valence-corrected chi connectivity index (χ0v) is 16.2. The summed E-state index contributed by atoms with van der Waals surface area (Å²) in [4.78, 5) is 29.3. The first-order valence-electron chi connectivity index (χ1n) is 7.66. The highest BCUT2D eigenvalue weighted by Crippen LogP contribution is 2.44. The molecule has 1 aromatic carbocycles. The standard InChI is InChI=1S/C18H16BrNO6/c1-8-14(17(21)23-3)16(15(9(2)20-8)18(22)24-4)10-5-12-13(6-11(10)19)26-7-25-12/h5-6H,7H2,1-4H3. The minimum atomic E-state index is -0.597. The third-order valence-electron chi connectivity index (χ3n) is 4.07. The van der Waals surface area contributed by atoms with E-state index >= 15 is 0 Å². The molecule has 8 heteroatoms. The molecule has 7 nitrogen and oxygen atoms in total. The van der Waals surface area contributed by atoms with E-state index in [-0.39, 0.29) is 17.9 Å². The van der Waals surface area contributed by atoms with Gasteiger partial charge in [-0.3, -0.25) is 4.98 Å². The zero-order valence-electron chi connectivity index (χ0n) is 14.6. The lowest BCUT2D eigenvalue weighted by Crippen LogP contribution is -2.16. The van der Waals surface area contributed by atoms with Crippen LogP contribution in [0.5, 0.6) is 11.5 Å². The Morgan fingerprint density at radius 2 is 1.50 bits per heavy atom. The second-order valence-electron chi connectivity index (χ2n) is 5.58. The number of fused-ring (bicyclic) bond motifs is 1. The Labute approximate surface area is 158 Å². The topological polar surface area (TPSA) is 84.0 Å². The summed E-state index contributed by atoms with van der Waals surface area (Å²) in [6.07, 6.45) is 0. The van der Waals surface area contributed by atoms with Gasteiger partial charge in [0.15, 0.2) is 11.5 Å². The summed E-state index contributed by atoms with van der Waals surface area (Å²) in [6.45, 7) is 3.47. The monoisotopic (exact) mass is 421 g/mol. The molecule has 0 radical (unpaired) electrons. The average molecular weight is 422 g/mol. The van der Waals surface area contributed by atoms with Crippen LogP contribution in [-0.2, 0) is 9.47 Å². The normalized spacial score (nSPS) is 12.0. The van der Waals surface area contributed by atoms with E-state index in [1.807, 2.05) is 0 Å². The molecule has 3 rings (SSSR count). The first-order chi connectivity index (χ1) is 12.4. The molecule has 1 aliphatic rings. The molecule has 0 saturated carbocycles. The summed E-state index contributed by atoms with van der Waals surface area (Å²) < 4.78 is 21.3. The van der Waals surface area contributed by atoms with Crippen molar-refractivity contribution >= 4 is 27.9 Å². The number of benzene rings is 1. The lowest BCUT2D eigenvalue weighted by molar-refractivity contribution is 0.0599. The van der Waals surface area contributed by atoms with Gasteiger partial charge in [-0.2, -0.15) is 0 Å². The Morgan fingerprint density at radius 3 is 2.00 bits per heavy atom. The molecule has 2 aromatic rings. The van der Waals surface area contributed by atoms with Crippen molar-refractivity contribution in [3.8, 4) is 22.6 Å². The van der Waals surface area contributed by atoms with Gasteiger partial charge in [0.25, 0.3) is 0 Å². The minimum Gasteiger partial charge on any atom is -0.465 e. The molecule has 1 aliphatic heterocycles. The van der Waals surface area contributed by atoms with Crippen molar-refractivity contribution in [2.45, 2.75) is 13.8 Å². The lowest BCUT2D eigenvalue weighted by atomic mass is 9.92. The van der Waals surface area contributed by atoms with E-state index in [0.717, 1.165) is 0 Å². The molecule has 0 unspecified atom stereocenters. The van der Waals surface area contributed by atoms with E-state index in [1.54, 1.807) is 26.0 Å². The van der Waals surface area contributed by atoms with Crippen molar-refractivity contribution in [1.29, 1.82) is 0 Å². The number of hydrogen-bond donors (Lipinski definition) is 0. The molecule has 2 heterocycles. The molecule has 26 heavy (non-hydrogen) atoms. The largest absolute Gasteiger partial charge is 0.465 e. The number of aryl methyl sites for hydroxylation is 2. The van der Waals surface area contributed by atoms with E-state index in [9.17, 15) is 9.59 Å². The number of carbonyl (C=O) groups is 2. The SMILES string of the molecule is COC(=O)c1c(C)nc(C)c(C(=O)OC)c1-c1cc2c(cc1Br)OCO2. The Hall–Kier alpha value is -2.61. The highest BCUT2D eigenvalue weighted by molar-refractivity contribution is 9.10. The van der Waals surface area contributed by atoms with E-state index in [2.05, 4.69) is 20.9 Å². The summed E-state index contributed by atoms with van der Waals surface area (Å²) in [5.41, 5.74) is 2.22. The number of hydrogen-bond acceptors (Lipinski definition) is 7. The number of halogens is 1. The van der Waals surface area contributed by atoms with Crippen molar-refractivity contribution in [2.75, 3.05) is 21.0 Å². The maximum absolute atomic E-state index is 12.5. The third kappa shape index (κ3) is 2.90. The molecule has 0 N–H and O–H groups in total. The third-order valence-corrected chi connectivity index (χ3v) is 4.73. The van der Waals surface area contributed by atoms with Crippen LogP contribution in [0.1, 0.15) is 32.1 Å². The number of esters is 2. The lowest BCUT2D eigenvalue weighted by Gasteiger charge is -2.18. The molecule has 0 saturated heterocycles. The molecule has 0 amide bonds. The van der Waals surface area contributed by atoms with Crippen LogP contribution in [-0.4, -0.2) is 37.9 Å². The summed E-state index contributed by atoms with van der Waals surface area (Å²) in [5.74, 6) is -0.108. The Balaban J connectivity index is 2.41. The van der Waals surface area contributed by atoms with Crippen LogP contribution in [0.3, 0.4) is 0 Å². The number of aromatic nitrogens is 1. The molecule has 0 spiro atoms. The molecule has 136 valence electrons. The number of pyridine rings is 1. The van der Waals surface area contributed by atoms with Gasteiger partial charge in [-0.25, -0.2) is 9.59 Å². The molecule has 0 bridgehead atoms. The molecule has 0 aliphatic carbocycles. The van der Waals surface area contributed by atoms with Gasteiger partial charge in [-0.15, -0.1) is 0 Å². The first kappa shape index (κ1) is 18.2. The number of ether oxygens (including phenoxy) is 4. The Bertz CT molecular complexity index is 884. The predicted octanol–water partition coefficient (Wildman–Crippen LogP) is 3.43. The maximum atomic E-state index is 12.5. The fourth-order valence-electron chi connectivity index (χ4n) is 2.93.